The second-order valence-corrected chi connectivity index (χ2v) is 5.10. The third-order valence-electron chi connectivity index (χ3n) is 2.80. The SMILES string of the molecule is CC(Nc1ncccc1C(N)=O)c1ccc(Br)cc1. The van der Waals surface area contributed by atoms with Gasteiger partial charge >= 0.3 is 0 Å². The molecule has 0 saturated heterocycles. The van der Waals surface area contributed by atoms with Gasteiger partial charge in [-0.1, -0.05) is 28.1 Å². The smallest absolute Gasteiger partial charge is 0.252 e. The molecule has 1 aromatic heterocycles. The van der Waals surface area contributed by atoms with Gasteiger partial charge in [-0.05, 0) is 36.8 Å². The molecule has 5 heteroatoms. The lowest BCUT2D eigenvalue weighted by Crippen LogP contribution is -2.17. The van der Waals surface area contributed by atoms with Gasteiger partial charge in [0.1, 0.15) is 5.82 Å². The maximum atomic E-state index is 11.3. The average molecular weight is 320 g/mol. The van der Waals surface area contributed by atoms with E-state index < -0.39 is 5.91 Å². The predicted octanol–water partition coefficient (Wildman–Crippen LogP) is 3.12. The number of pyridine rings is 1. The molecular formula is C14H14BrN3O. The molecule has 98 valence electrons. The van der Waals surface area contributed by atoms with Crippen LogP contribution >= 0.6 is 15.9 Å². The Bertz CT molecular complexity index is 583. The lowest BCUT2D eigenvalue weighted by molar-refractivity contribution is 0.100. The summed E-state index contributed by atoms with van der Waals surface area (Å²) < 4.78 is 1.03. The van der Waals surface area contributed by atoms with E-state index in [1.807, 2.05) is 31.2 Å². The number of nitrogens with two attached hydrogens (primary N) is 1. The maximum Gasteiger partial charge on any atom is 0.252 e. The minimum atomic E-state index is -0.487. The molecule has 0 aliphatic rings. The Hall–Kier alpha value is -1.88. The molecular weight excluding hydrogens is 306 g/mol. The highest BCUT2D eigenvalue weighted by molar-refractivity contribution is 9.10. The van der Waals surface area contributed by atoms with Crippen LogP contribution in [0.3, 0.4) is 0 Å². The van der Waals surface area contributed by atoms with Crippen LogP contribution in [0.25, 0.3) is 0 Å². The number of halogens is 1. The van der Waals surface area contributed by atoms with Crippen LogP contribution in [0.5, 0.6) is 0 Å². The summed E-state index contributed by atoms with van der Waals surface area (Å²) in [5, 5.41) is 3.20. The number of aromatic nitrogens is 1. The van der Waals surface area contributed by atoms with Crippen molar-refractivity contribution in [1.29, 1.82) is 0 Å². The number of amides is 1. The number of anilines is 1. The molecule has 2 rings (SSSR count). The van der Waals surface area contributed by atoms with Gasteiger partial charge in [0.2, 0.25) is 0 Å². The summed E-state index contributed by atoms with van der Waals surface area (Å²) in [4.78, 5) is 15.5. The van der Waals surface area contributed by atoms with E-state index >= 15 is 0 Å². The van der Waals surface area contributed by atoms with E-state index in [0.717, 1.165) is 10.0 Å². The molecule has 1 atom stereocenters. The highest BCUT2D eigenvalue weighted by Crippen LogP contribution is 2.21. The summed E-state index contributed by atoms with van der Waals surface area (Å²) in [6.45, 7) is 2.00. The summed E-state index contributed by atoms with van der Waals surface area (Å²) in [7, 11) is 0. The number of hydrogen-bond donors (Lipinski definition) is 2. The first-order valence-electron chi connectivity index (χ1n) is 5.84. The van der Waals surface area contributed by atoms with Gasteiger partial charge in [0.05, 0.1) is 5.56 Å². The van der Waals surface area contributed by atoms with Crippen molar-refractivity contribution in [1.82, 2.24) is 4.98 Å². The first-order valence-corrected chi connectivity index (χ1v) is 6.64. The number of carbonyl (C=O) groups is 1. The van der Waals surface area contributed by atoms with E-state index in [-0.39, 0.29) is 6.04 Å². The molecule has 4 nitrogen and oxygen atoms in total. The van der Waals surface area contributed by atoms with Gasteiger partial charge < -0.3 is 11.1 Å². The second-order valence-electron chi connectivity index (χ2n) is 4.18. The van der Waals surface area contributed by atoms with Crippen molar-refractivity contribution in [2.45, 2.75) is 13.0 Å². The Labute approximate surface area is 120 Å². The largest absolute Gasteiger partial charge is 0.365 e. The Morgan fingerprint density at radius 1 is 1.32 bits per heavy atom. The normalized spacial score (nSPS) is 11.9. The van der Waals surface area contributed by atoms with Crippen LogP contribution in [-0.4, -0.2) is 10.9 Å². The molecule has 2 aromatic rings. The molecule has 1 aromatic carbocycles. The van der Waals surface area contributed by atoms with Crippen molar-refractivity contribution >= 4 is 27.7 Å². The van der Waals surface area contributed by atoms with Crippen LogP contribution in [0.15, 0.2) is 47.1 Å². The van der Waals surface area contributed by atoms with Crippen LogP contribution in [-0.2, 0) is 0 Å². The van der Waals surface area contributed by atoms with Crippen LogP contribution in [0.2, 0.25) is 0 Å². The Morgan fingerprint density at radius 2 is 2.00 bits per heavy atom. The number of rotatable bonds is 4. The molecule has 0 aliphatic carbocycles. The molecule has 1 heterocycles. The number of primary amides is 1. The van der Waals surface area contributed by atoms with E-state index in [4.69, 9.17) is 5.73 Å². The Balaban J connectivity index is 2.21. The van der Waals surface area contributed by atoms with Gasteiger partial charge in [-0.3, -0.25) is 4.79 Å². The second kappa shape index (κ2) is 5.84. The topological polar surface area (TPSA) is 68.0 Å². The molecule has 0 fully saturated rings. The van der Waals surface area contributed by atoms with E-state index in [0.29, 0.717) is 11.4 Å². The van der Waals surface area contributed by atoms with Gasteiger partial charge in [-0.25, -0.2) is 4.98 Å². The van der Waals surface area contributed by atoms with E-state index in [2.05, 4.69) is 26.2 Å². The molecule has 0 radical (unpaired) electrons. The fourth-order valence-corrected chi connectivity index (χ4v) is 2.02. The van der Waals surface area contributed by atoms with Crippen molar-refractivity contribution < 1.29 is 4.79 Å². The quantitative estimate of drug-likeness (QED) is 0.909. The van der Waals surface area contributed by atoms with Crippen molar-refractivity contribution in [2.75, 3.05) is 5.32 Å². The minimum absolute atomic E-state index is 0.0288. The zero-order chi connectivity index (χ0) is 13.8. The molecule has 1 unspecified atom stereocenters. The zero-order valence-electron chi connectivity index (χ0n) is 10.4. The Morgan fingerprint density at radius 3 is 2.63 bits per heavy atom. The van der Waals surface area contributed by atoms with Crippen LogP contribution in [0, 0.1) is 0 Å². The predicted molar refractivity (Wildman–Crippen MR) is 78.9 cm³/mol. The summed E-state index contributed by atoms with van der Waals surface area (Å²) in [5.41, 5.74) is 6.82. The molecule has 0 saturated carbocycles. The first-order chi connectivity index (χ1) is 9.08. The molecule has 0 spiro atoms. The molecule has 0 bridgehead atoms. The summed E-state index contributed by atoms with van der Waals surface area (Å²) >= 11 is 3.40. The number of nitrogens with one attached hydrogen (secondary N) is 1. The van der Waals surface area contributed by atoms with Crippen LogP contribution < -0.4 is 11.1 Å². The maximum absolute atomic E-state index is 11.3. The van der Waals surface area contributed by atoms with Crippen molar-refractivity contribution in [3.05, 3.63) is 58.2 Å². The zero-order valence-corrected chi connectivity index (χ0v) is 12.0. The minimum Gasteiger partial charge on any atom is -0.365 e. The summed E-state index contributed by atoms with van der Waals surface area (Å²) in [5.74, 6) is 0.0176. The van der Waals surface area contributed by atoms with E-state index in [9.17, 15) is 4.79 Å². The molecule has 19 heavy (non-hydrogen) atoms. The van der Waals surface area contributed by atoms with E-state index in [1.165, 1.54) is 0 Å². The van der Waals surface area contributed by atoms with Gasteiger partial charge in [-0.2, -0.15) is 0 Å². The van der Waals surface area contributed by atoms with Gasteiger partial charge in [0.25, 0.3) is 5.91 Å². The van der Waals surface area contributed by atoms with Gasteiger partial charge in [0, 0.05) is 16.7 Å². The van der Waals surface area contributed by atoms with Gasteiger partial charge in [0.15, 0.2) is 0 Å². The molecule has 1 amide bonds. The van der Waals surface area contributed by atoms with Crippen LogP contribution in [0.1, 0.15) is 28.9 Å². The van der Waals surface area contributed by atoms with Crippen LogP contribution in [0.4, 0.5) is 5.82 Å². The van der Waals surface area contributed by atoms with Crippen molar-refractivity contribution in [2.24, 2.45) is 5.73 Å². The summed E-state index contributed by atoms with van der Waals surface area (Å²) in [6, 6.07) is 11.3. The first kappa shape index (κ1) is 13.5. The Kier molecular flexibility index (Phi) is 4.16. The lowest BCUT2D eigenvalue weighted by Gasteiger charge is -2.16. The lowest BCUT2D eigenvalue weighted by atomic mass is 10.1. The number of hydrogen-bond acceptors (Lipinski definition) is 3. The number of nitrogens with zero attached hydrogens (tertiary/aromatic N) is 1. The third-order valence-corrected chi connectivity index (χ3v) is 3.33. The van der Waals surface area contributed by atoms with Crippen molar-refractivity contribution in [3.63, 3.8) is 0 Å². The third kappa shape index (κ3) is 3.32. The number of benzene rings is 1. The highest BCUT2D eigenvalue weighted by Gasteiger charge is 2.12. The fraction of sp³-hybridized carbons (Fsp3) is 0.143. The number of carbonyl (C=O) groups excluding carboxylic acids is 1. The monoisotopic (exact) mass is 319 g/mol. The standard InChI is InChI=1S/C14H14BrN3O/c1-9(10-4-6-11(15)7-5-10)18-14-12(13(16)19)3-2-8-17-14/h2-9H,1H3,(H2,16,19)(H,17,18). The average Bonchev–Trinajstić information content (AvgIpc) is 2.39. The van der Waals surface area contributed by atoms with Gasteiger partial charge in [-0.15, -0.1) is 0 Å². The van der Waals surface area contributed by atoms with Crippen molar-refractivity contribution in [3.8, 4) is 0 Å². The van der Waals surface area contributed by atoms with E-state index in [1.54, 1.807) is 18.3 Å². The summed E-state index contributed by atoms with van der Waals surface area (Å²) in [6.07, 6.45) is 1.63. The fourth-order valence-electron chi connectivity index (χ4n) is 1.76. The highest BCUT2D eigenvalue weighted by atomic mass is 79.9. The molecule has 0 aliphatic heterocycles. The molecule has 3 N–H and O–H groups in total.